The lowest BCUT2D eigenvalue weighted by Crippen LogP contribution is -2.13. The lowest BCUT2D eigenvalue weighted by Gasteiger charge is -2.09. The monoisotopic (exact) mass is 375 g/mol. The van der Waals surface area contributed by atoms with Crippen molar-refractivity contribution in [1.82, 2.24) is 19.5 Å². The van der Waals surface area contributed by atoms with Gasteiger partial charge in [-0.15, -0.1) is 0 Å². The van der Waals surface area contributed by atoms with Crippen molar-refractivity contribution in [2.45, 2.75) is 20.8 Å². The molecule has 2 heterocycles. The van der Waals surface area contributed by atoms with Crippen molar-refractivity contribution in [2.24, 2.45) is 0 Å². The fraction of sp³-hybridized carbons (Fsp3) is 0.176. The normalized spacial score (nSPS) is 10.8. The standard InChI is InChI=1S/C17H15Cl2N5O/c1-9-10(2)24(11(3)22-9)17-20-7-13(8-21-17)23-16(25)14-5-4-12(18)6-15(14)19/h4-8H,1-3H3,(H,23,25). The van der Waals surface area contributed by atoms with Crippen molar-refractivity contribution in [3.05, 3.63) is 63.4 Å². The number of anilines is 1. The van der Waals surface area contributed by atoms with Crippen molar-refractivity contribution >= 4 is 34.8 Å². The average Bonchev–Trinajstić information content (AvgIpc) is 2.81. The van der Waals surface area contributed by atoms with E-state index in [-0.39, 0.29) is 10.9 Å². The van der Waals surface area contributed by atoms with Crippen LogP contribution in [0.2, 0.25) is 10.0 Å². The van der Waals surface area contributed by atoms with Crippen molar-refractivity contribution in [3.63, 3.8) is 0 Å². The first-order valence-corrected chi connectivity index (χ1v) is 8.24. The van der Waals surface area contributed by atoms with Gasteiger partial charge in [-0.1, -0.05) is 23.2 Å². The Hall–Kier alpha value is -2.44. The molecule has 3 aromatic rings. The third kappa shape index (κ3) is 3.50. The number of carbonyl (C=O) groups excluding carboxylic acids is 1. The molecule has 0 aliphatic carbocycles. The van der Waals surface area contributed by atoms with Crippen LogP contribution < -0.4 is 5.32 Å². The maximum Gasteiger partial charge on any atom is 0.257 e. The minimum absolute atomic E-state index is 0.280. The van der Waals surface area contributed by atoms with E-state index in [1.54, 1.807) is 12.1 Å². The number of imidazole rings is 1. The average molecular weight is 376 g/mol. The highest BCUT2D eigenvalue weighted by molar-refractivity contribution is 6.37. The molecule has 0 saturated carbocycles. The van der Waals surface area contributed by atoms with Gasteiger partial charge in [0.15, 0.2) is 0 Å². The Morgan fingerprint density at radius 2 is 1.80 bits per heavy atom. The Morgan fingerprint density at radius 3 is 2.36 bits per heavy atom. The zero-order valence-corrected chi connectivity index (χ0v) is 15.4. The first-order valence-electron chi connectivity index (χ1n) is 7.48. The second-order valence-electron chi connectivity index (χ2n) is 5.52. The Bertz CT molecular complexity index is 950. The molecule has 6 nitrogen and oxygen atoms in total. The van der Waals surface area contributed by atoms with Crippen LogP contribution in [0.3, 0.4) is 0 Å². The second kappa shape index (κ2) is 6.82. The summed E-state index contributed by atoms with van der Waals surface area (Å²) in [5.41, 5.74) is 2.69. The fourth-order valence-electron chi connectivity index (χ4n) is 2.45. The summed E-state index contributed by atoms with van der Waals surface area (Å²) in [5.74, 6) is 0.946. The molecular formula is C17H15Cl2N5O. The molecule has 0 fully saturated rings. The van der Waals surface area contributed by atoms with Crippen LogP contribution in [-0.4, -0.2) is 25.4 Å². The molecular weight excluding hydrogens is 361 g/mol. The Balaban J connectivity index is 1.82. The summed E-state index contributed by atoms with van der Waals surface area (Å²) in [4.78, 5) is 25.3. The van der Waals surface area contributed by atoms with E-state index in [9.17, 15) is 4.79 Å². The molecule has 3 rings (SSSR count). The van der Waals surface area contributed by atoms with E-state index in [1.165, 1.54) is 18.5 Å². The molecule has 1 aromatic carbocycles. The SMILES string of the molecule is Cc1nc(C)n(-c2ncc(NC(=O)c3ccc(Cl)cc3Cl)cn2)c1C. The minimum Gasteiger partial charge on any atom is -0.319 e. The van der Waals surface area contributed by atoms with Crippen molar-refractivity contribution in [2.75, 3.05) is 5.32 Å². The number of benzene rings is 1. The van der Waals surface area contributed by atoms with E-state index in [1.807, 2.05) is 25.3 Å². The molecule has 1 amide bonds. The van der Waals surface area contributed by atoms with Crippen LogP contribution in [0.25, 0.3) is 5.95 Å². The molecule has 128 valence electrons. The highest BCUT2D eigenvalue weighted by Gasteiger charge is 2.14. The number of rotatable bonds is 3. The van der Waals surface area contributed by atoms with Crippen LogP contribution in [0.1, 0.15) is 27.6 Å². The maximum atomic E-state index is 12.3. The van der Waals surface area contributed by atoms with Crippen molar-refractivity contribution in [1.29, 1.82) is 0 Å². The van der Waals surface area contributed by atoms with Gasteiger partial charge in [-0.3, -0.25) is 9.36 Å². The molecule has 0 aliphatic rings. The van der Waals surface area contributed by atoms with Crippen molar-refractivity contribution in [3.8, 4) is 5.95 Å². The van der Waals surface area contributed by atoms with Gasteiger partial charge in [0.2, 0.25) is 5.95 Å². The largest absolute Gasteiger partial charge is 0.319 e. The summed E-state index contributed by atoms with van der Waals surface area (Å²) in [5, 5.41) is 3.46. The molecule has 0 aliphatic heterocycles. The molecule has 0 saturated heterocycles. The number of halogens is 2. The number of hydrogen-bond donors (Lipinski definition) is 1. The number of nitrogens with zero attached hydrogens (tertiary/aromatic N) is 4. The van der Waals surface area contributed by atoms with Gasteiger partial charge < -0.3 is 5.32 Å². The first-order chi connectivity index (χ1) is 11.9. The zero-order chi connectivity index (χ0) is 18.1. The molecule has 0 atom stereocenters. The van der Waals surface area contributed by atoms with Crippen molar-refractivity contribution < 1.29 is 4.79 Å². The molecule has 0 unspecified atom stereocenters. The van der Waals surface area contributed by atoms with Crippen LogP contribution in [0, 0.1) is 20.8 Å². The fourth-order valence-corrected chi connectivity index (χ4v) is 2.94. The molecule has 0 radical (unpaired) electrons. The summed E-state index contributed by atoms with van der Waals surface area (Å²) in [6.07, 6.45) is 3.08. The van der Waals surface area contributed by atoms with Gasteiger partial charge in [0, 0.05) is 10.7 Å². The summed E-state index contributed by atoms with van der Waals surface area (Å²) >= 11 is 11.9. The van der Waals surface area contributed by atoms with E-state index >= 15 is 0 Å². The summed E-state index contributed by atoms with van der Waals surface area (Å²) in [6.45, 7) is 5.78. The number of aromatic nitrogens is 4. The topological polar surface area (TPSA) is 72.7 Å². The Labute approximate surface area is 154 Å². The van der Waals surface area contributed by atoms with Crippen LogP contribution in [0.15, 0.2) is 30.6 Å². The minimum atomic E-state index is -0.358. The molecule has 0 spiro atoms. The Morgan fingerprint density at radius 1 is 1.12 bits per heavy atom. The number of hydrogen-bond acceptors (Lipinski definition) is 4. The van der Waals surface area contributed by atoms with Crippen LogP contribution in [0.5, 0.6) is 0 Å². The second-order valence-corrected chi connectivity index (χ2v) is 6.36. The highest BCUT2D eigenvalue weighted by atomic mass is 35.5. The van der Waals surface area contributed by atoms with Crippen LogP contribution in [0.4, 0.5) is 5.69 Å². The van der Waals surface area contributed by atoms with Gasteiger partial charge in [0.25, 0.3) is 5.91 Å². The summed E-state index contributed by atoms with van der Waals surface area (Å²) in [6, 6.07) is 4.69. The van der Waals surface area contributed by atoms with Gasteiger partial charge in [-0.2, -0.15) is 0 Å². The predicted octanol–water partition coefficient (Wildman–Crippen LogP) is 4.15. The van der Waals surface area contributed by atoms with Crippen LogP contribution >= 0.6 is 23.2 Å². The lowest BCUT2D eigenvalue weighted by atomic mass is 10.2. The first kappa shape index (κ1) is 17.4. The highest BCUT2D eigenvalue weighted by Crippen LogP contribution is 2.22. The molecule has 2 aromatic heterocycles. The quantitative estimate of drug-likeness (QED) is 0.746. The molecule has 25 heavy (non-hydrogen) atoms. The zero-order valence-electron chi connectivity index (χ0n) is 13.8. The van der Waals surface area contributed by atoms with Gasteiger partial charge >= 0.3 is 0 Å². The van der Waals surface area contributed by atoms with Gasteiger partial charge in [0.05, 0.1) is 34.4 Å². The number of amides is 1. The molecule has 8 heteroatoms. The van der Waals surface area contributed by atoms with E-state index in [0.717, 1.165) is 17.2 Å². The van der Waals surface area contributed by atoms with Gasteiger partial charge in [0.1, 0.15) is 5.82 Å². The molecule has 0 bridgehead atoms. The predicted molar refractivity (Wildman–Crippen MR) is 97.8 cm³/mol. The third-order valence-corrected chi connectivity index (χ3v) is 4.33. The lowest BCUT2D eigenvalue weighted by molar-refractivity contribution is 0.102. The molecule has 1 N–H and O–H groups in total. The maximum absolute atomic E-state index is 12.3. The van der Waals surface area contributed by atoms with Gasteiger partial charge in [-0.25, -0.2) is 15.0 Å². The Kier molecular flexibility index (Phi) is 4.74. The number of carbonyl (C=O) groups is 1. The number of aryl methyl sites for hydroxylation is 2. The summed E-state index contributed by atoms with van der Waals surface area (Å²) in [7, 11) is 0. The smallest absolute Gasteiger partial charge is 0.257 e. The van der Waals surface area contributed by atoms with E-state index in [0.29, 0.717) is 22.2 Å². The van der Waals surface area contributed by atoms with Crippen LogP contribution in [-0.2, 0) is 0 Å². The van der Waals surface area contributed by atoms with Gasteiger partial charge in [-0.05, 0) is 39.0 Å². The third-order valence-electron chi connectivity index (χ3n) is 3.78. The number of nitrogens with one attached hydrogen (secondary N) is 1. The van der Waals surface area contributed by atoms with E-state index in [4.69, 9.17) is 23.2 Å². The summed E-state index contributed by atoms with van der Waals surface area (Å²) < 4.78 is 1.86. The van der Waals surface area contributed by atoms with E-state index < -0.39 is 0 Å². The van der Waals surface area contributed by atoms with E-state index in [2.05, 4.69) is 20.3 Å².